The number of aromatic nitrogens is 2. The predicted octanol–water partition coefficient (Wildman–Crippen LogP) is 4.26. The second-order valence-corrected chi connectivity index (χ2v) is 4.72. The molecule has 0 spiro atoms. The van der Waals surface area contributed by atoms with Crippen LogP contribution >= 0.6 is 0 Å². The molecule has 3 aromatic rings. The number of hydrogen-bond donors (Lipinski definition) is 1. The Labute approximate surface area is 129 Å². The molecule has 1 aromatic heterocycles. The van der Waals surface area contributed by atoms with Gasteiger partial charge in [0.15, 0.2) is 11.5 Å². The number of nitriles is 1. The molecule has 4 nitrogen and oxygen atoms in total. The van der Waals surface area contributed by atoms with Gasteiger partial charge in [0.25, 0.3) is 0 Å². The molecule has 0 aliphatic heterocycles. The maximum atomic E-state index is 12.6. The molecule has 0 fully saturated rings. The van der Waals surface area contributed by atoms with Crippen LogP contribution in [-0.4, -0.2) is 9.97 Å². The number of hydrogen-bond acceptors (Lipinski definition) is 4. The molecule has 7 heteroatoms. The highest BCUT2D eigenvalue weighted by Gasteiger charge is 2.29. The summed E-state index contributed by atoms with van der Waals surface area (Å²) in [6.07, 6.45) is -4.39. The first-order valence-corrected chi connectivity index (χ1v) is 6.58. The van der Waals surface area contributed by atoms with Crippen molar-refractivity contribution in [3.63, 3.8) is 0 Å². The van der Waals surface area contributed by atoms with E-state index in [2.05, 4.69) is 15.3 Å². The maximum Gasteiger partial charge on any atom is 0.416 e. The first kappa shape index (κ1) is 14.8. The molecule has 114 valence electrons. The zero-order valence-electron chi connectivity index (χ0n) is 11.6. The van der Waals surface area contributed by atoms with E-state index in [0.29, 0.717) is 16.7 Å². The summed E-state index contributed by atoms with van der Waals surface area (Å²) in [5, 5.41) is 12.0. The van der Waals surface area contributed by atoms with E-state index in [1.54, 1.807) is 24.3 Å². The van der Waals surface area contributed by atoms with E-state index in [0.717, 1.165) is 12.1 Å². The van der Waals surface area contributed by atoms with Crippen LogP contribution in [0.15, 0.2) is 48.5 Å². The van der Waals surface area contributed by atoms with Gasteiger partial charge in [-0.05, 0) is 36.4 Å². The fourth-order valence-corrected chi connectivity index (χ4v) is 2.04. The van der Waals surface area contributed by atoms with Gasteiger partial charge in [-0.3, -0.25) is 0 Å². The molecule has 0 atom stereocenters. The summed E-state index contributed by atoms with van der Waals surface area (Å²) in [6, 6.07) is 13.4. The van der Waals surface area contributed by atoms with E-state index in [-0.39, 0.29) is 11.5 Å². The van der Waals surface area contributed by atoms with Crippen molar-refractivity contribution in [3.05, 3.63) is 59.8 Å². The Bertz CT molecular complexity index is 896. The van der Waals surface area contributed by atoms with Crippen molar-refractivity contribution < 1.29 is 13.2 Å². The van der Waals surface area contributed by atoms with E-state index in [4.69, 9.17) is 5.26 Å². The Kier molecular flexibility index (Phi) is 3.58. The van der Waals surface area contributed by atoms with Gasteiger partial charge in [0.1, 0.15) is 6.07 Å². The highest BCUT2D eigenvalue weighted by Crippen LogP contribution is 2.30. The molecule has 0 aliphatic carbocycles. The number of anilines is 2. The van der Waals surface area contributed by atoms with E-state index < -0.39 is 11.7 Å². The number of benzene rings is 2. The minimum Gasteiger partial charge on any atom is -0.338 e. The highest BCUT2D eigenvalue weighted by atomic mass is 19.4. The van der Waals surface area contributed by atoms with Crippen molar-refractivity contribution in [2.75, 3.05) is 5.32 Å². The summed E-state index contributed by atoms with van der Waals surface area (Å²) in [5.41, 5.74) is 0.874. The monoisotopic (exact) mass is 314 g/mol. The van der Waals surface area contributed by atoms with Crippen molar-refractivity contribution in [3.8, 4) is 6.07 Å². The van der Waals surface area contributed by atoms with Crippen LogP contribution in [0.5, 0.6) is 0 Å². The third-order valence-corrected chi connectivity index (χ3v) is 3.15. The van der Waals surface area contributed by atoms with Crippen molar-refractivity contribution in [2.24, 2.45) is 0 Å². The molecule has 0 bridgehead atoms. The molecule has 0 unspecified atom stereocenters. The third-order valence-electron chi connectivity index (χ3n) is 3.15. The fraction of sp³-hybridized carbons (Fsp3) is 0.0625. The van der Waals surface area contributed by atoms with Crippen molar-refractivity contribution >= 4 is 22.5 Å². The summed E-state index contributed by atoms with van der Waals surface area (Å²) < 4.78 is 37.7. The lowest BCUT2D eigenvalue weighted by Gasteiger charge is -2.10. The number of halogens is 3. The van der Waals surface area contributed by atoms with Crippen LogP contribution < -0.4 is 5.32 Å². The fourth-order valence-electron chi connectivity index (χ4n) is 2.04. The first-order valence-electron chi connectivity index (χ1n) is 6.58. The van der Waals surface area contributed by atoms with Crippen LogP contribution in [0.2, 0.25) is 0 Å². The average Bonchev–Trinajstić information content (AvgIpc) is 2.54. The van der Waals surface area contributed by atoms with Gasteiger partial charge >= 0.3 is 6.18 Å². The molecule has 0 saturated carbocycles. The molecule has 1 N–H and O–H groups in total. The zero-order valence-corrected chi connectivity index (χ0v) is 11.6. The van der Waals surface area contributed by atoms with Crippen LogP contribution in [0.4, 0.5) is 24.7 Å². The van der Waals surface area contributed by atoms with Crippen molar-refractivity contribution in [1.29, 1.82) is 5.26 Å². The van der Waals surface area contributed by atoms with Crippen LogP contribution in [0.25, 0.3) is 11.0 Å². The van der Waals surface area contributed by atoms with Crippen LogP contribution in [0, 0.1) is 11.3 Å². The van der Waals surface area contributed by atoms with Crippen molar-refractivity contribution in [2.45, 2.75) is 6.18 Å². The lowest BCUT2D eigenvalue weighted by atomic mass is 10.2. The highest BCUT2D eigenvalue weighted by molar-refractivity contribution is 5.78. The van der Waals surface area contributed by atoms with Gasteiger partial charge in [-0.25, -0.2) is 9.97 Å². The number of nitrogens with zero attached hydrogens (tertiary/aromatic N) is 3. The lowest BCUT2D eigenvalue weighted by molar-refractivity contribution is -0.137. The number of para-hydroxylation sites is 2. The second kappa shape index (κ2) is 5.57. The largest absolute Gasteiger partial charge is 0.416 e. The van der Waals surface area contributed by atoms with Gasteiger partial charge in [0.05, 0.1) is 16.6 Å². The van der Waals surface area contributed by atoms with E-state index in [1.807, 2.05) is 6.07 Å². The molecule has 3 rings (SSSR count). The predicted molar refractivity (Wildman–Crippen MR) is 79.0 cm³/mol. The third kappa shape index (κ3) is 3.06. The van der Waals surface area contributed by atoms with Crippen LogP contribution in [-0.2, 0) is 6.18 Å². The smallest absolute Gasteiger partial charge is 0.338 e. The number of alkyl halides is 3. The standard InChI is InChI=1S/C16H9F3N4/c17-16(18,19)10-5-7-11(8-6-10)21-15-14(9-20)22-12-3-1-2-4-13(12)23-15/h1-8H,(H,21,23). The van der Waals surface area contributed by atoms with Gasteiger partial charge in [-0.15, -0.1) is 0 Å². The molecule has 0 amide bonds. The number of fused-ring (bicyclic) bond motifs is 1. The summed E-state index contributed by atoms with van der Waals surface area (Å²) >= 11 is 0. The second-order valence-electron chi connectivity index (χ2n) is 4.72. The minimum atomic E-state index is -4.39. The zero-order chi connectivity index (χ0) is 16.4. The average molecular weight is 314 g/mol. The topological polar surface area (TPSA) is 61.6 Å². The SMILES string of the molecule is N#Cc1nc2ccccc2nc1Nc1ccc(C(F)(F)F)cc1. The number of rotatable bonds is 2. The molecule has 23 heavy (non-hydrogen) atoms. The first-order chi connectivity index (χ1) is 11.0. The van der Waals surface area contributed by atoms with Crippen LogP contribution in [0.3, 0.4) is 0 Å². The Morgan fingerprint density at radius 3 is 2.09 bits per heavy atom. The van der Waals surface area contributed by atoms with E-state index >= 15 is 0 Å². The minimum absolute atomic E-state index is 0.0728. The Hall–Kier alpha value is -3.14. The maximum absolute atomic E-state index is 12.6. The summed E-state index contributed by atoms with van der Waals surface area (Å²) in [5.74, 6) is 0.200. The molecule has 0 saturated heterocycles. The van der Waals surface area contributed by atoms with Crippen LogP contribution in [0.1, 0.15) is 11.3 Å². The summed E-state index contributed by atoms with van der Waals surface area (Å²) in [4.78, 5) is 8.47. The van der Waals surface area contributed by atoms with Gasteiger partial charge < -0.3 is 5.32 Å². The normalized spacial score (nSPS) is 11.2. The van der Waals surface area contributed by atoms with Gasteiger partial charge in [-0.2, -0.15) is 18.4 Å². The van der Waals surface area contributed by atoms with Gasteiger partial charge in [0, 0.05) is 5.69 Å². The molecular formula is C16H9F3N4. The molecule has 1 heterocycles. The summed E-state index contributed by atoms with van der Waals surface area (Å²) in [6.45, 7) is 0. The molecular weight excluding hydrogens is 305 g/mol. The summed E-state index contributed by atoms with van der Waals surface area (Å²) in [7, 11) is 0. The van der Waals surface area contributed by atoms with E-state index in [9.17, 15) is 13.2 Å². The van der Waals surface area contributed by atoms with Crippen molar-refractivity contribution in [1.82, 2.24) is 9.97 Å². The molecule has 0 radical (unpaired) electrons. The van der Waals surface area contributed by atoms with Gasteiger partial charge in [0.2, 0.25) is 0 Å². The van der Waals surface area contributed by atoms with E-state index in [1.165, 1.54) is 12.1 Å². The quantitative estimate of drug-likeness (QED) is 0.767. The Morgan fingerprint density at radius 1 is 0.913 bits per heavy atom. The van der Waals surface area contributed by atoms with Gasteiger partial charge in [-0.1, -0.05) is 12.1 Å². The molecule has 0 aliphatic rings. The lowest BCUT2D eigenvalue weighted by Crippen LogP contribution is -2.05. The Balaban J connectivity index is 1.96. The molecule has 2 aromatic carbocycles. The number of nitrogens with one attached hydrogen (secondary N) is 1. The Morgan fingerprint density at radius 2 is 1.52 bits per heavy atom.